The van der Waals surface area contributed by atoms with Crippen LogP contribution in [0.25, 0.3) is 0 Å². The van der Waals surface area contributed by atoms with Gasteiger partial charge in [-0.25, -0.2) is 4.98 Å². The molecule has 0 aliphatic rings. The smallest absolute Gasteiger partial charge is 0.268 e. The molecule has 0 amide bonds. The van der Waals surface area contributed by atoms with Crippen molar-refractivity contribution in [2.24, 2.45) is 0 Å². The fraction of sp³-hybridized carbons (Fsp3) is 0.0833. The van der Waals surface area contributed by atoms with Crippen LogP contribution < -0.4 is 10.3 Å². The average Bonchev–Trinajstić information content (AvgIpc) is 2.38. The van der Waals surface area contributed by atoms with Gasteiger partial charge in [-0.3, -0.25) is 4.79 Å². The van der Waals surface area contributed by atoms with E-state index >= 15 is 0 Å². The minimum atomic E-state index is -0.450. The Morgan fingerprint density at radius 1 is 1.35 bits per heavy atom. The first-order chi connectivity index (χ1) is 8.29. The van der Waals surface area contributed by atoms with Crippen LogP contribution in [0.15, 0.2) is 41.3 Å². The van der Waals surface area contributed by atoms with E-state index in [0.717, 1.165) is 0 Å². The molecule has 0 radical (unpaired) electrons. The van der Waals surface area contributed by atoms with Gasteiger partial charge in [-0.15, -0.1) is 0 Å². The summed E-state index contributed by atoms with van der Waals surface area (Å²) in [4.78, 5) is 17.7. The monoisotopic (exact) mass is 227 g/mol. The molecule has 0 atom stereocenters. The molecule has 84 valence electrons. The van der Waals surface area contributed by atoms with Gasteiger partial charge in [0.05, 0.1) is 6.20 Å². The third kappa shape index (κ3) is 2.69. The van der Waals surface area contributed by atoms with Gasteiger partial charge in [0.2, 0.25) is 0 Å². The average molecular weight is 227 g/mol. The zero-order valence-electron chi connectivity index (χ0n) is 8.88. The molecule has 0 fully saturated rings. The lowest BCUT2D eigenvalue weighted by Crippen LogP contribution is -2.15. The molecule has 0 aliphatic heterocycles. The summed E-state index contributed by atoms with van der Waals surface area (Å²) in [6.07, 6.45) is 1.24. The lowest BCUT2D eigenvalue weighted by atomic mass is 10.3. The number of hydrogen-bond donors (Lipinski definition) is 1. The van der Waals surface area contributed by atoms with Crippen LogP contribution in [0, 0.1) is 11.3 Å². The summed E-state index contributed by atoms with van der Waals surface area (Å²) in [5.74, 6) is 1.08. The Morgan fingerprint density at radius 3 is 2.76 bits per heavy atom. The summed E-state index contributed by atoms with van der Waals surface area (Å²) in [6.45, 7) is 0.158. The maximum Gasteiger partial charge on any atom is 0.268 e. The van der Waals surface area contributed by atoms with Gasteiger partial charge in [-0.2, -0.15) is 5.26 Å². The molecule has 1 aromatic heterocycles. The van der Waals surface area contributed by atoms with Crippen molar-refractivity contribution in [2.75, 3.05) is 0 Å². The fourth-order valence-electron chi connectivity index (χ4n) is 1.25. The highest BCUT2D eigenvalue weighted by Crippen LogP contribution is 2.09. The van der Waals surface area contributed by atoms with E-state index in [2.05, 4.69) is 9.97 Å². The molecule has 1 heterocycles. The van der Waals surface area contributed by atoms with E-state index in [1.54, 1.807) is 6.07 Å². The fourth-order valence-corrected chi connectivity index (χ4v) is 1.25. The number of aromatic amines is 1. The number of ether oxygens (including phenoxy) is 1. The van der Waals surface area contributed by atoms with E-state index in [-0.39, 0.29) is 12.2 Å². The van der Waals surface area contributed by atoms with Crippen molar-refractivity contribution in [3.05, 3.63) is 58.3 Å². The summed E-state index contributed by atoms with van der Waals surface area (Å²) in [5.41, 5.74) is -0.456. The SMILES string of the molecule is N#Cc1cnc(COc2ccccc2)[nH]c1=O. The quantitative estimate of drug-likeness (QED) is 0.855. The molecule has 0 bridgehead atoms. The molecule has 5 heteroatoms. The topological polar surface area (TPSA) is 78.8 Å². The van der Waals surface area contributed by atoms with Crippen molar-refractivity contribution in [3.63, 3.8) is 0 Å². The van der Waals surface area contributed by atoms with Crippen molar-refractivity contribution in [1.29, 1.82) is 5.26 Å². The number of nitrogens with zero attached hydrogens (tertiary/aromatic N) is 2. The Balaban J connectivity index is 2.08. The number of aromatic nitrogens is 2. The Morgan fingerprint density at radius 2 is 2.12 bits per heavy atom. The molecule has 0 spiro atoms. The second kappa shape index (κ2) is 4.94. The van der Waals surface area contributed by atoms with Gasteiger partial charge < -0.3 is 9.72 Å². The maximum atomic E-state index is 11.3. The normalized spacial score (nSPS) is 9.59. The zero-order valence-corrected chi connectivity index (χ0v) is 8.88. The molecule has 2 aromatic rings. The highest BCUT2D eigenvalue weighted by Gasteiger charge is 2.02. The maximum absolute atomic E-state index is 11.3. The highest BCUT2D eigenvalue weighted by atomic mass is 16.5. The summed E-state index contributed by atoms with van der Waals surface area (Å²) in [5, 5.41) is 8.58. The predicted molar refractivity (Wildman–Crippen MR) is 60.3 cm³/mol. The van der Waals surface area contributed by atoms with Crippen LogP contribution in [-0.4, -0.2) is 9.97 Å². The lowest BCUT2D eigenvalue weighted by molar-refractivity contribution is 0.295. The summed E-state index contributed by atoms with van der Waals surface area (Å²) < 4.78 is 5.41. The van der Waals surface area contributed by atoms with Crippen LogP contribution in [0.1, 0.15) is 11.4 Å². The first kappa shape index (κ1) is 10.9. The Bertz CT molecular complexity index is 599. The van der Waals surface area contributed by atoms with Crippen LogP contribution >= 0.6 is 0 Å². The predicted octanol–water partition coefficient (Wildman–Crippen LogP) is 1.22. The Labute approximate surface area is 97.3 Å². The second-order valence-corrected chi connectivity index (χ2v) is 3.29. The highest BCUT2D eigenvalue weighted by molar-refractivity contribution is 5.23. The molecular weight excluding hydrogens is 218 g/mol. The van der Waals surface area contributed by atoms with E-state index < -0.39 is 5.56 Å². The van der Waals surface area contributed by atoms with Crippen LogP contribution in [0.5, 0.6) is 5.75 Å². The lowest BCUT2D eigenvalue weighted by Gasteiger charge is -2.04. The number of nitrogens with one attached hydrogen (secondary N) is 1. The van der Waals surface area contributed by atoms with Crippen LogP contribution in [0.4, 0.5) is 0 Å². The van der Waals surface area contributed by atoms with E-state index in [9.17, 15) is 4.79 Å². The molecule has 0 unspecified atom stereocenters. The Kier molecular flexibility index (Phi) is 3.17. The van der Waals surface area contributed by atoms with Crippen molar-refractivity contribution in [3.8, 4) is 11.8 Å². The third-order valence-electron chi connectivity index (χ3n) is 2.09. The molecule has 17 heavy (non-hydrogen) atoms. The Hall–Kier alpha value is -2.61. The van der Waals surface area contributed by atoms with E-state index in [4.69, 9.17) is 10.00 Å². The molecule has 1 N–H and O–H groups in total. The third-order valence-corrected chi connectivity index (χ3v) is 2.09. The molecule has 1 aromatic carbocycles. The van der Waals surface area contributed by atoms with Crippen molar-refractivity contribution in [2.45, 2.75) is 6.61 Å². The summed E-state index contributed by atoms with van der Waals surface area (Å²) in [6, 6.07) is 11.0. The molecule has 0 saturated carbocycles. The minimum Gasteiger partial charge on any atom is -0.486 e. The number of rotatable bonds is 3. The van der Waals surface area contributed by atoms with Crippen molar-refractivity contribution >= 4 is 0 Å². The van der Waals surface area contributed by atoms with E-state index in [0.29, 0.717) is 11.6 Å². The first-order valence-electron chi connectivity index (χ1n) is 4.96. The summed E-state index contributed by atoms with van der Waals surface area (Å²) in [7, 11) is 0. The van der Waals surface area contributed by atoms with Crippen molar-refractivity contribution in [1.82, 2.24) is 9.97 Å². The number of H-pyrrole nitrogens is 1. The van der Waals surface area contributed by atoms with Gasteiger partial charge in [0.15, 0.2) is 0 Å². The molecule has 5 nitrogen and oxygen atoms in total. The van der Waals surface area contributed by atoms with Gasteiger partial charge in [0, 0.05) is 0 Å². The second-order valence-electron chi connectivity index (χ2n) is 3.29. The molecular formula is C12H9N3O2. The van der Waals surface area contributed by atoms with Gasteiger partial charge in [-0.05, 0) is 12.1 Å². The van der Waals surface area contributed by atoms with Gasteiger partial charge >= 0.3 is 0 Å². The number of nitriles is 1. The zero-order chi connectivity index (χ0) is 12.1. The van der Waals surface area contributed by atoms with Gasteiger partial charge in [-0.1, -0.05) is 18.2 Å². The molecule has 0 saturated heterocycles. The number of benzene rings is 1. The van der Waals surface area contributed by atoms with Crippen LogP contribution in [-0.2, 0) is 6.61 Å². The minimum absolute atomic E-state index is 0.00605. The largest absolute Gasteiger partial charge is 0.486 e. The van der Waals surface area contributed by atoms with Gasteiger partial charge in [0.1, 0.15) is 29.8 Å². The molecule has 0 aliphatic carbocycles. The summed E-state index contributed by atoms with van der Waals surface area (Å²) >= 11 is 0. The van der Waals surface area contributed by atoms with Crippen LogP contribution in [0.3, 0.4) is 0 Å². The number of hydrogen-bond acceptors (Lipinski definition) is 4. The molecule has 2 rings (SSSR count). The van der Waals surface area contributed by atoms with Gasteiger partial charge in [0.25, 0.3) is 5.56 Å². The number of para-hydroxylation sites is 1. The van der Waals surface area contributed by atoms with Crippen LogP contribution in [0.2, 0.25) is 0 Å². The van der Waals surface area contributed by atoms with E-state index in [1.807, 2.05) is 30.3 Å². The van der Waals surface area contributed by atoms with Crippen molar-refractivity contribution < 1.29 is 4.74 Å². The standard InChI is InChI=1S/C12H9N3O2/c13-6-9-7-14-11(15-12(9)16)8-17-10-4-2-1-3-5-10/h1-5,7H,8H2,(H,14,15,16). The van der Waals surface area contributed by atoms with E-state index in [1.165, 1.54) is 6.20 Å². The first-order valence-corrected chi connectivity index (χ1v) is 4.96.